The molecule has 1 aromatic carbocycles. The summed E-state index contributed by atoms with van der Waals surface area (Å²) >= 11 is 0. The Kier molecular flexibility index (Phi) is 2.49. The Labute approximate surface area is 86.6 Å². The second kappa shape index (κ2) is 3.96. The number of benzene rings is 1. The molecule has 1 N–H and O–H groups in total. The third-order valence-corrected chi connectivity index (χ3v) is 1.90. The zero-order valence-corrected chi connectivity index (χ0v) is 8.23. The average molecular weight is 202 g/mol. The van der Waals surface area contributed by atoms with Crippen LogP contribution in [-0.4, -0.2) is 9.97 Å². The van der Waals surface area contributed by atoms with E-state index < -0.39 is 0 Å². The Morgan fingerprint density at radius 2 is 1.93 bits per heavy atom. The third-order valence-electron chi connectivity index (χ3n) is 1.90. The minimum Gasteiger partial charge on any atom is -0.454 e. The lowest BCUT2D eigenvalue weighted by Crippen LogP contribution is -2.07. The fourth-order valence-corrected chi connectivity index (χ4v) is 1.13. The van der Waals surface area contributed by atoms with Crippen LogP contribution in [0.4, 0.5) is 0 Å². The molecule has 1 heterocycles. The van der Waals surface area contributed by atoms with Crippen LogP contribution < -0.4 is 10.4 Å². The van der Waals surface area contributed by atoms with E-state index in [-0.39, 0.29) is 5.69 Å². The quantitative estimate of drug-likeness (QED) is 0.808. The van der Waals surface area contributed by atoms with Crippen LogP contribution in [-0.2, 0) is 0 Å². The standard InChI is InChI=1S/C11H10N2O2/c1-8-2-4-9(5-3-8)15-10-6-12-11(14)13-7-10/h2-7H,1H3,(H,12,13,14). The van der Waals surface area contributed by atoms with Crippen molar-refractivity contribution >= 4 is 0 Å². The highest BCUT2D eigenvalue weighted by Gasteiger charge is 1.96. The molecule has 0 aliphatic carbocycles. The molecule has 1 aromatic heterocycles. The van der Waals surface area contributed by atoms with Gasteiger partial charge in [-0.1, -0.05) is 17.7 Å². The number of nitrogens with one attached hydrogen (secondary N) is 1. The van der Waals surface area contributed by atoms with Crippen molar-refractivity contribution in [2.24, 2.45) is 0 Å². The molecular weight excluding hydrogens is 192 g/mol. The van der Waals surface area contributed by atoms with E-state index in [1.807, 2.05) is 31.2 Å². The van der Waals surface area contributed by atoms with Gasteiger partial charge in [0.15, 0.2) is 5.75 Å². The summed E-state index contributed by atoms with van der Waals surface area (Å²) in [7, 11) is 0. The monoisotopic (exact) mass is 202 g/mol. The summed E-state index contributed by atoms with van der Waals surface area (Å²) in [5.41, 5.74) is 0.785. The van der Waals surface area contributed by atoms with Crippen molar-refractivity contribution in [3.05, 3.63) is 52.7 Å². The lowest BCUT2D eigenvalue weighted by atomic mass is 10.2. The Morgan fingerprint density at radius 3 is 2.53 bits per heavy atom. The second-order valence-corrected chi connectivity index (χ2v) is 3.17. The Hall–Kier alpha value is -2.10. The molecule has 15 heavy (non-hydrogen) atoms. The summed E-state index contributed by atoms with van der Waals surface area (Å²) in [5.74, 6) is 1.23. The van der Waals surface area contributed by atoms with Gasteiger partial charge in [0, 0.05) is 0 Å². The molecule has 0 atom stereocenters. The highest BCUT2D eigenvalue weighted by atomic mass is 16.5. The summed E-state index contributed by atoms with van der Waals surface area (Å²) in [6.07, 6.45) is 2.87. The van der Waals surface area contributed by atoms with Crippen LogP contribution in [0.15, 0.2) is 41.5 Å². The SMILES string of the molecule is Cc1ccc(Oc2cnc(=O)[nH]c2)cc1. The number of hydrogen-bond donors (Lipinski definition) is 1. The molecular formula is C11H10N2O2. The summed E-state index contributed by atoms with van der Waals surface area (Å²) in [5, 5.41) is 0. The Morgan fingerprint density at radius 1 is 1.20 bits per heavy atom. The van der Waals surface area contributed by atoms with Gasteiger partial charge in [-0.15, -0.1) is 0 Å². The number of aromatic amines is 1. The van der Waals surface area contributed by atoms with Crippen molar-refractivity contribution in [2.75, 3.05) is 0 Å². The van der Waals surface area contributed by atoms with Gasteiger partial charge in [-0.05, 0) is 19.1 Å². The predicted octanol–water partition coefficient (Wildman–Crippen LogP) is 1.87. The molecule has 4 heteroatoms. The molecule has 0 saturated heterocycles. The van der Waals surface area contributed by atoms with Gasteiger partial charge in [0.05, 0.1) is 12.4 Å². The average Bonchev–Trinajstić information content (AvgIpc) is 2.25. The summed E-state index contributed by atoms with van der Waals surface area (Å²) in [4.78, 5) is 16.7. The number of H-pyrrole nitrogens is 1. The molecule has 0 amide bonds. The molecule has 0 saturated carbocycles. The highest BCUT2D eigenvalue weighted by molar-refractivity contribution is 5.30. The van der Waals surface area contributed by atoms with Crippen LogP contribution in [0.1, 0.15) is 5.56 Å². The molecule has 0 unspecified atom stereocenters. The van der Waals surface area contributed by atoms with E-state index in [1.165, 1.54) is 18.0 Å². The van der Waals surface area contributed by atoms with Crippen molar-refractivity contribution in [1.29, 1.82) is 0 Å². The first kappa shape index (κ1) is 9.45. The molecule has 0 radical (unpaired) electrons. The van der Waals surface area contributed by atoms with Gasteiger partial charge >= 0.3 is 5.69 Å². The topological polar surface area (TPSA) is 55.0 Å². The van der Waals surface area contributed by atoms with Gasteiger partial charge in [0.2, 0.25) is 0 Å². The zero-order valence-electron chi connectivity index (χ0n) is 8.23. The summed E-state index contributed by atoms with van der Waals surface area (Å²) in [6, 6.07) is 7.63. The maximum Gasteiger partial charge on any atom is 0.345 e. The lowest BCUT2D eigenvalue weighted by molar-refractivity contribution is 0.476. The Balaban J connectivity index is 2.18. The van der Waals surface area contributed by atoms with Crippen molar-refractivity contribution in [1.82, 2.24) is 9.97 Å². The van der Waals surface area contributed by atoms with E-state index in [2.05, 4.69) is 9.97 Å². The predicted molar refractivity (Wildman–Crippen MR) is 56.1 cm³/mol. The highest BCUT2D eigenvalue weighted by Crippen LogP contribution is 2.18. The first-order chi connectivity index (χ1) is 7.24. The minimum absolute atomic E-state index is 0.383. The van der Waals surface area contributed by atoms with Crippen LogP contribution in [0.3, 0.4) is 0 Å². The van der Waals surface area contributed by atoms with Gasteiger partial charge in [-0.3, -0.25) is 0 Å². The van der Waals surface area contributed by atoms with Crippen LogP contribution in [0.25, 0.3) is 0 Å². The third kappa shape index (κ3) is 2.43. The maximum absolute atomic E-state index is 10.7. The molecule has 4 nitrogen and oxygen atoms in total. The fraction of sp³-hybridized carbons (Fsp3) is 0.0909. The number of rotatable bonds is 2. The largest absolute Gasteiger partial charge is 0.454 e. The van der Waals surface area contributed by atoms with E-state index >= 15 is 0 Å². The molecule has 0 fully saturated rings. The van der Waals surface area contributed by atoms with E-state index in [0.29, 0.717) is 5.75 Å². The maximum atomic E-state index is 10.7. The molecule has 2 aromatic rings. The molecule has 0 bridgehead atoms. The lowest BCUT2D eigenvalue weighted by Gasteiger charge is -2.04. The van der Waals surface area contributed by atoms with Crippen LogP contribution in [0.2, 0.25) is 0 Å². The van der Waals surface area contributed by atoms with Crippen molar-refractivity contribution in [2.45, 2.75) is 6.92 Å². The van der Waals surface area contributed by atoms with E-state index in [9.17, 15) is 4.79 Å². The summed E-state index contributed by atoms with van der Waals surface area (Å²) in [6.45, 7) is 2.01. The van der Waals surface area contributed by atoms with Crippen LogP contribution in [0, 0.1) is 6.92 Å². The van der Waals surface area contributed by atoms with Gasteiger partial charge in [-0.25, -0.2) is 4.79 Å². The number of nitrogens with zero attached hydrogens (tertiary/aromatic N) is 1. The van der Waals surface area contributed by atoms with E-state index in [1.54, 1.807) is 0 Å². The smallest absolute Gasteiger partial charge is 0.345 e. The molecule has 0 aliphatic rings. The van der Waals surface area contributed by atoms with E-state index in [0.717, 1.165) is 5.75 Å². The van der Waals surface area contributed by atoms with Gasteiger partial charge in [0.25, 0.3) is 0 Å². The van der Waals surface area contributed by atoms with Gasteiger partial charge in [-0.2, -0.15) is 4.98 Å². The van der Waals surface area contributed by atoms with Gasteiger partial charge < -0.3 is 9.72 Å². The fourth-order valence-electron chi connectivity index (χ4n) is 1.13. The number of hydrogen-bond acceptors (Lipinski definition) is 3. The molecule has 0 spiro atoms. The van der Waals surface area contributed by atoms with E-state index in [4.69, 9.17) is 4.74 Å². The minimum atomic E-state index is -0.383. The number of aryl methyl sites for hydroxylation is 1. The number of ether oxygens (including phenoxy) is 1. The summed E-state index contributed by atoms with van der Waals surface area (Å²) < 4.78 is 5.46. The molecule has 0 aliphatic heterocycles. The molecule has 2 rings (SSSR count). The Bertz CT molecular complexity index is 482. The second-order valence-electron chi connectivity index (χ2n) is 3.17. The first-order valence-electron chi connectivity index (χ1n) is 4.53. The van der Waals surface area contributed by atoms with Crippen molar-refractivity contribution in [3.63, 3.8) is 0 Å². The van der Waals surface area contributed by atoms with Crippen molar-refractivity contribution in [3.8, 4) is 11.5 Å². The van der Waals surface area contributed by atoms with Crippen LogP contribution >= 0.6 is 0 Å². The van der Waals surface area contributed by atoms with Crippen molar-refractivity contribution < 1.29 is 4.74 Å². The zero-order chi connectivity index (χ0) is 10.7. The normalized spacial score (nSPS) is 9.93. The number of aromatic nitrogens is 2. The molecule has 76 valence electrons. The van der Waals surface area contributed by atoms with Crippen LogP contribution in [0.5, 0.6) is 11.5 Å². The van der Waals surface area contributed by atoms with Gasteiger partial charge in [0.1, 0.15) is 5.75 Å². The first-order valence-corrected chi connectivity index (χ1v) is 4.53.